The Balaban J connectivity index is 1.62. The summed E-state index contributed by atoms with van der Waals surface area (Å²) in [7, 11) is 0. The molecular weight excluding hydrogens is 334 g/mol. The van der Waals surface area contributed by atoms with E-state index in [0.717, 1.165) is 22.6 Å². The molecule has 1 heterocycles. The Hall–Kier alpha value is -2.49. The van der Waals surface area contributed by atoms with E-state index in [4.69, 9.17) is 21.1 Å². The van der Waals surface area contributed by atoms with Crippen molar-refractivity contribution in [1.29, 1.82) is 0 Å². The van der Waals surface area contributed by atoms with Crippen molar-refractivity contribution >= 4 is 17.3 Å². The van der Waals surface area contributed by atoms with Gasteiger partial charge in [-0.15, -0.1) is 0 Å². The third-order valence-corrected chi connectivity index (χ3v) is 4.45. The van der Waals surface area contributed by atoms with Gasteiger partial charge in [0.25, 0.3) is 0 Å². The van der Waals surface area contributed by atoms with Gasteiger partial charge in [0.2, 0.25) is 0 Å². The van der Waals surface area contributed by atoms with Gasteiger partial charge in [0.15, 0.2) is 6.79 Å². The smallest absolute Gasteiger partial charge is 0.189 e. The van der Waals surface area contributed by atoms with E-state index < -0.39 is 0 Å². The third-order valence-electron chi connectivity index (χ3n) is 4.23. The van der Waals surface area contributed by atoms with E-state index in [9.17, 15) is 0 Å². The zero-order valence-corrected chi connectivity index (χ0v) is 14.4. The molecule has 0 spiro atoms. The number of benzene rings is 3. The third kappa shape index (κ3) is 3.48. The molecule has 0 aliphatic carbocycles. The van der Waals surface area contributed by atoms with Crippen LogP contribution in [0, 0.1) is 0 Å². The van der Waals surface area contributed by atoms with E-state index in [2.05, 4.69) is 35.6 Å². The fourth-order valence-electron chi connectivity index (χ4n) is 3.09. The van der Waals surface area contributed by atoms with Crippen LogP contribution in [0.15, 0.2) is 66.7 Å². The number of para-hydroxylation sites is 1. The van der Waals surface area contributed by atoms with Crippen LogP contribution in [-0.2, 0) is 17.9 Å². The molecule has 3 aromatic carbocycles. The van der Waals surface area contributed by atoms with Crippen LogP contribution < -0.4 is 10.1 Å². The molecule has 1 aliphatic rings. The van der Waals surface area contributed by atoms with Gasteiger partial charge in [-0.1, -0.05) is 60.1 Å². The average Bonchev–Trinajstić information content (AvgIpc) is 2.67. The van der Waals surface area contributed by atoms with Crippen LogP contribution in [0.1, 0.15) is 11.1 Å². The number of hydrogen-bond donors (Lipinski definition) is 1. The lowest BCUT2D eigenvalue weighted by Crippen LogP contribution is -2.14. The van der Waals surface area contributed by atoms with Crippen molar-refractivity contribution in [2.45, 2.75) is 13.2 Å². The molecule has 0 saturated heterocycles. The average molecular weight is 352 g/mol. The lowest BCUT2D eigenvalue weighted by atomic mass is 10.0. The summed E-state index contributed by atoms with van der Waals surface area (Å²) >= 11 is 6.25. The summed E-state index contributed by atoms with van der Waals surface area (Å²) in [6.07, 6.45) is 0. The van der Waals surface area contributed by atoms with Gasteiger partial charge in [-0.25, -0.2) is 0 Å². The first kappa shape index (κ1) is 16.0. The highest BCUT2D eigenvalue weighted by Gasteiger charge is 2.16. The maximum atomic E-state index is 6.25. The minimum atomic E-state index is 0.280. The highest BCUT2D eigenvalue weighted by atomic mass is 35.5. The summed E-state index contributed by atoms with van der Waals surface area (Å²) < 4.78 is 11.0. The Morgan fingerprint density at radius 3 is 2.64 bits per heavy atom. The molecule has 0 unspecified atom stereocenters. The maximum Gasteiger partial charge on any atom is 0.189 e. The Kier molecular flexibility index (Phi) is 4.59. The van der Waals surface area contributed by atoms with Crippen LogP contribution >= 0.6 is 11.6 Å². The number of fused-ring (bicyclic) bond motifs is 1. The van der Waals surface area contributed by atoms with E-state index in [1.54, 1.807) is 0 Å². The van der Waals surface area contributed by atoms with Crippen molar-refractivity contribution in [2.75, 3.05) is 12.1 Å². The second-order valence-electron chi connectivity index (χ2n) is 5.93. The van der Waals surface area contributed by atoms with Gasteiger partial charge in [0.1, 0.15) is 5.75 Å². The molecule has 1 N–H and O–H groups in total. The zero-order chi connectivity index (χ0) is 17.1. The molecule has 0 amide bonds. The minimum absolute atomic E-state index is 0.280. The Bertz CT molecular complexity index is 880. The summed E-state index contributed by atoms with van der Waals surface area (Å²) in [4.78, 5) is 0. The predicted octanol–water partition coefficient (Wildman–Crippen LogP) is 5.49. The van der Waals surface area contributed by atoms with E-state index >= 15 is 0 Å². The number of rotatable bonds is 4. The van der Waals surface area contributed by atoms with Crippen LogP contribution in [0.5, 0.6) is 5.75 Å². The van der Waals surface area contributed by atoms with Gasteiger partial charge in [0.05, 0.1) is 6.61 Å². The summed E-state index contributed by atoms with van der Waals surface area (Å²) in [5, 5.41) is 4.22. The largest absolute Gasteiger partial charge is 0.467 e. The molecule has 0 fully saturated rings. The van der Waals surface area contributed by atoms with Gasteiger partial charge >= 0.3 is 0 Å². The first-order valence-electron chi connectivity index (χ1n) is 8.21. The van der Waals surface area contributed by atoms with Gasteiger partial charge in [-0.2, -0.15) is 0 Å². The minimum Gasteiger partial charge on any atom is -0.467 e. The summed E-state index contributed by atoms with van der Waals surface area (Å²) in [5.41, 5.74) is 5.46. The highest BCUT2D eigenvalue weighted by molar-refractivity contribution is 6.30. The quantitative estimate of drug-likeness (QED) is 0.674. The van der Waals surface area contributed by atoms with Crippen LogP contribution in [-0.4, -0.2) is 6.79 Å². The van der Waals surface area contributed by atoms with Gasteiger partial charge in [0, 0.05) is 33.9 Å². The molecular formula is C21H18ClNO2. The monoisotopic (exact) mass is 351 g/mol. The molecule has 4 heteroatoms. The summed E-state index contributed by atoms with van der Waals surface area (Å²) in [5.74, 6) is 0.875. The summed E-state index contributed by atoms with van der Waals surface area (Å²) in [6, 6.07) is 22.5. The van der Waals surface area contributed by atoms with Crippen molar-refractivity contribution in [1.82, 2.24) is 0 Å². The van der Waals surface area contributed by atoms with E-state index in [-0.39, 0.29) is 6.79 Å². The van der Waals surface area contributed by atoms with Crippen molar-refractivity contribution in [3.05, 3.63) is 82.9 Å². The fraction of sp³-hybridized carbons (Fsp3) is 0.143. The van der Waals surface area contributed by atoms with Gasteiger partial charge in [-0.3, -0.25) is 0 Å². The molecule has 0 aromatic heterocycles. The lowest BCUT2D eigenvalue weighted by molar-refractivity contribution is -0.0169. The van der Waals surface area contributed by atoms with Crippen molar-refractivity contribution in [2.24, 2.45) is 0 Å². The first-order chi connectivity index (χ1) is 12.3. The number of halogens is 1. The van der Waals surface area contributed by atoms with Gasteiger partial charge in [-0.05, 0) is 23.8 Å². The normalized spacial score (nSPS) is 13.0. The number of ether oxygens (including phenoxy) is 2. The van der Waals surface area contributed by atoms with E-state index in [1.165, 1.54) is 11.1 Å². The maximum absolute atomic E-state index is 6.25. The molecule has 0 radical (unpaired) electrons. The van der Waals surface area contributed by atoms with E-state index in [1.807, 2.05) is 36.4 Å². The van der Waals surface area contributed by atoms with Gasteiger partial charge < -0.3 is 14.8 Å². The Labute approximate surface area is 152 Å². The first-order valence-corrected chi connectivity index (χ1v) is 8.59. The van der Waals surface area contributed by atoms with Crippen LogP contribution in [0.2, 0.25) is 5.02 Å². The number of hydrogen-bond acceptors (Lipinski definition) is 3. The second kappa shape index (κ2) is 7.18. The second-order valence-corrected chi connectivity index (χ2v) is 6.37. The Morgan fingerprint density at radius 1 is 0.960 bits per heavy atom. The molecule has 0 atom stereocenters. The lowest BCUT2D eigenvalue weighted by Gasteiger charge is -2.22. The molecule has 0 bridgehead atoms. The van der Waals surface area contributed by atoms with Crippen molar-refractivity contribution in [3.8, 4) is 16.9 Å². The standard InChI is InChI=1S/C21H18ClNO2/c22-18-10-16(21-17(11-18)13-24-14-25-21)12-23-20-9-5-4-8-19(20)15-6-2-1-3-7-15/h1-11,23H,12-14H2. The Morgan fingerprint density at radius 2 is 1.76 bits per heavy atom. The van der Waals surface area contributed by atoms with E-state index in [0.29, 0.717) is 18.2 Å². The molecule has 0 saturated carbocycles. The fourth-order valence-corrected chi connectivity index (χ4v) is 3.35. The van der Waals surface area contributed by atoms with Crippen LogP contribution in [0.25, 0.3) is 11.1 Å². The molecule has 4 rings (SSSR count). The highest BCUT2D eigenvalue weighted by Crippen LogP contribution is 2.33. The van der Waals surface area contributed by atoms with Crippen LogP contribution in [0.3, 0.4) is 0 Å². The van der Waals surface area contributed by atoms with Crippen molar-refractivity contribution in [3.63, 3.8) is 0 Å². The molecule has 3 nitrogen and oxygen atoms in total. The van der Waals surface area contributed by atoms with Crippen LogP contribution in [0.4, 0.5) is 5.69 Å². The number of anilines is 1. The van der Waals surface area contributed by atoms with Crippen molar-refractivity contribution < 1.29 is 9.47 Å². The molecule has 126 valence electrons. The topological polar surface area (TPSA) is 30.5 Å². The molecule has 3 aromatic rings. The number of nitrogens with one attached hydrogen (secondary N) is 1. The predicted molar refractivity (Wildman–Crippen MR) is 101 cm³/mol. The molecule has 25 heavy (non-hydrogen) atoms. The molecule has 1 aliphatic heterocycles. The SMILES string of the molecule is Clc1cc(CNc2ccccc2-c2ccccc2)c2c(c1)COCO2. The summed E-state index contributed by atoms with van der Waals surface area (Å²) in [6.45, 7) is 1.44. The zero-order valence-electron chi connectivity index (χ0n) is 13.7.